The van der Waals surface area contributed by atoms with Crippen molar-refractivity contribution in [2.45, 2.75) is 6.04 Å². The van der Waals surface area contributed by atoms with Crippen molar-refractivity contribution in [1.29, 1.82) is 0 Å². The minimum atomic E-state index is -0.664. The first kappa shape index (κ1) is 12.2. The third-order valence-electron chi connectivity index (χ3n) is 2.29. The molecule has 0 amide bonds. The van der Waals surface area contributed by atoms with Gasteiger partial charge in [0.1, 0.15) is 23.4 Å². The first-order valence-electron chi connectivity index (χ1n) is 4.77. The molecule has 90 valence electrons. The van der Waals surface area contributed by atoms with E-state index in [0.29, 0.717) is 15.8 Å². The van der Waals surface area contributed by atoms with Crippen molar-refractivity contribution in [2.75, 3.05) is 0 Å². The lowest BCUT2D eigenvalue weighted by molar-refractivity contribution is 0.447. The van der Waals surface area contributed by atoms with Gasteiger partial charge in [0.25, 0.3) is 0 Å². The second-order valence-corrected chi connectivity index (χ2v) is 4.29. The summed E-state index contributed by atoms with van der Waals surface area (Å²) >= 11 is 3.27. The maximum Gasteiger partial charge on any atom is 0.140 e. The van der Waals surface area contributed by atoms with Gasteiger partial charge in [-0.15, -0.1) is 0 Å². The maximum atomic E-state index is 13.1. The van der Waals surface area contributed by atoms with E-state index in [0.717, 1.165) is 6.07 Å². The van der Waals surface area contributed by atoms with Crippen molar-refractivity contribution >= 4 is 15.9 Å². The van der Waals surface area contributed by atoms with Crippen LogP contribution < -0.4 is 11.3 Å². The first-order valence-corrected chi connectivity index (χ1v) is 5.56. The topological polar surface area (TPSA) is 51.2 Å². The lowest BCUT2D eigenvalue weighted by Crippen LogP contribution is -2.29. The quantitative estimate of drug-likeness (QED) is 0.677. The third kappa shape index (κ3) is 2.54. The Morgan fingerprint density at radius 3 is 2.35 bits per heavy atom. The van der Waals surface area contributed by atoms with E-state index in [1.165, 1.54) is 18.4 Å². The summed E-state index contributed by atoms with van der Waals surface area (Å²) in [7, 11) is 0. The van der Waals surface area contributed by atoms with Crippen molar-refractivity contribution in [3.05, 3.63) is 58.0 Å². The number of rotatable bonds is 3. The summed E-state index contributed by atoms with van der Waals surface area (Å²) in [6, 6.07) is 4.25. The Kier molecular flexibility index (Phi) is 3.56. The van der Waals surface area contributed by atoms with Gasteiger partial charge < -0.3 is 4.42 Å². The summed E-state index contributed by atoms with van der Waals surface area (Å²) in [4.78, 5) is 0. The van der Waals surface area contributed by atoms with Crippen LogP contribution in [0.4, 0.5) is 8.78 Å². The van der Waals surface area contributed by atoms with Gasteiger partial charge in [-0.2, -0.15) is 0 Å². The largest absolute Gasteiger partial charge is 0.466 e. The smallest absolute Gasteiger partial charge is 0.140 e. The van der Waals surface area contributed by atoms with Crippen LogP contribution in [0.25, 0.3) is 0 Å². The van der Waals surface area contributed by atoms with E-state index < -0.39 is 17.7 Å². The monoisotopic (exact) mass is 302 g/mol. The van der Waals surface area contributed by atoms with E-state index in [1.807, 2.05) is 0 Å². The molecule has 0 radical (unpaired) electrons. The number of halogens is 3. The van der Waals surface area contributed by atoms with E-state index in [4.69, 9.17) is 10.3 Å². The van der Waals surface area contributed by atoms with Crippen LogP contribution in [0, 0.1) is 11.6 Å². The predicted octanol–water partition coefficient (Wildman–Crippen LogP) is 2.87. The number of hydrazine groups is 1. The Labute approximate surface area is 105 Å². The minimum absolute atomic E-state index is 0.348. The standard InChI is InChI=1S/C11H9BrF2N2O/c12-9-1-2-17-11(9)10(16-15)6-3-7(13)5-8(14)4-6/h1-5,10,16H,15H2. The minimum Gasteiger partial charge on any atom is -0.466 e. The second kappa shape index (κ2) is 4.95. The molecule has 6 heteroatoms. The van der Waals surface area contributed by atoms with Crippen molar-refractivity contribution < 1.29 is 13.2 Å². The zero-order valence-corrected chi connectivity index (χ0v) is 10.2. The molecule has 2 aromatic rings. The molecule has 0 aliphatic carbocycles. The highest BCUT2D eigenvalue weighted by Gasteiger charge is 2.20. The first-order chi connectivity index (χ1) is 8.11. The van der Waals surface area contributed by atoms with Crippen molar-refractivity contribution in [2.24, 2.45) is 5.84 Å². The lowest BCUT2D eigenvalue weighted by atomic mass is 10.0. The highest BCUT2D eigenvalue weighted by atomic mass is 79.9. The predicted molar refractivity (Wildman–Crippen MR) is 61.9 cm³/mol. The molecule has 0 bridgehead atoms. The average Bonchev–Trinajstić information content (AvgIpc) is 2.65. The van der Waals surface area contributed by atoms with Crippen LogP contribution in [0.3, 0.4) is 0 Å². The molecule has 3 nitrogen and oxygen atoms in total. The number of furan rings is 1. The molecule has 1 aromatic heterocycles. The van der Waals surface area contributed by atoms with E-state index in [9.17, 15) is 8.78 Å². The summed E-state index contributed by atoms with van der Waals surface area (Å²) in [5, 5.41) is 0. The second-order valence-electron chi connectivity index (χ2n) is 3.44. The van der Waals surface area contributed by atoms with E-state index in [2.05, 4.69) is 21.4 Å². The number of nitrogens with one attached hydrogen (secondary N) is 1. The van der Waals surface area contributed by atoms with Gasteiger partial charge in [-0.1, -0.05) is 0 Å². The molecule has 17 heavy (non-hydrogen) atoms. The van der Waals surface area contributed by atoms with Gasteiger partial charge in [0, 0.05) is 6.07 Å². The molecule has 3 N–H and O–H groups in total. The zero-order valence-electron chi connectivity index (χ0n) is 8.58. The van der Waals surface area contributed by atoms with Gasteiger partial charge in [-0.05, 0) is 39.7 Å². The SMILES string of the molecule is NNC(c1cc(F)cc(F)c1)c1occc1Br. The van der Waals surface area contributed by atoms with Crippen LogP contribution in [0.5, 0.6) is 0 Å². The molecule has 0 saturated heterocycles. The molecule has 1 heterocycles. The van der Waals surface area contributed by atoms with Gasteiger partial charge in [-0.25, -0.2) is 14.2 Å². The van der Waals surface area contributed by atoms with Gasteiger partial charge in [0.15, 0.2) is 0 Å². The van der Waals surface area contributed by atoms with Crippen molar-refractivity contribution in [3.63, 3.8) is 0 Å². The van der Waals surface area contributed by atoms with Crippen LogP contribution in [0.2, 0.25) is 0 Å². The number of hydrogen-bond acceptors (Lipinski definition) is 3. The van der Waals surface area contributed by atoms with Crippen molar-refractivity contribution in [3.8, 4) is 0 Å². The average molecular weight is 303 g/mol. The normalized spacial score (nSPS) is 12.7. The number of benzene rings is 1. The fourth-order valence-electron chi connectivity index (χ4n) is 1.58. The Morgan fingerprint density at radius 2 is 1.88 bits per heavy atom. The number of hydrogen-bond donors (Lipinski definition) is 2. The molecule has 1 unspecified atom stereocenters. The van der Waals surface area contributed by atoms with Crippen LogP contribution in [-0.2, 0) is 0 Å². The Hall–Kier alpha value is -1.24. The molecule has 0 aliphatic heterocycles. The summed E-state index contributed by atoms with van der Waals surface area (Å²) in [6.07, 6.45) is 1.46. The number of nitrogens with two attached hydrogens (primary N) is 1. The molecule has 0 spiro atoms. The third-order valence-corrected chi connectivity index (χ3v) is 2.95. The molecule has 0 saturated carbocycles. The summed E-state index contributed by atoms with van der Waals surface area (Å²) in [5.74, 6) is 4.52. The summed E-state index contributed by atoms with van der Waals surface area (Å²) < 4.78 is 32.1. The summed E-state index contributed by atoms with van der Waals surface area (Å²) in [6.45, 7) is 0. The molecule has 2 rings (SSSR count). The van der Waals surface area contributed by atoms with E-state index in [-0.39, 0.29) is 0 Å². The van der Waals surface area contributed by atoms with Gasteiger partial charge in [0.2, 0.25) is 0 Å². The van der Waals surface area contributed by atoms with Crippen LogP contribution in [-0.4, -0.2) is 0 Å². The van der Waals surface area contributed by atoms with Crippen LogP contribution >= 0.6 is 15.9 Å². The summed E-state index contributed by atoms with van der Waals surface area (Å²) in [5.41, 5.74) is 2.81. The Morgan fingerprint density at radius 1 is 1.24 bits per heavy atom. The molecular formula is C11H9BrF2N2O. The fourth-order valence-corrected chi connectivity index (χ4v) is 2.01. The fraction of sp³-hybridized carbons (Fsp3) is 0.0909. The molecule has 0 aliphatic rings. The van der Waals surface area contributed by atoms with Crippen LogP contribution in [0.15, 0.2) is 39.4 Å². The van der Waals surface area contributed by atoms with Gasteiger partial charge >= 0.3 is 0 Å². The molecular weight excluding hydrogens is 294 g/mol. The van der Waals surface area contributed by atoms with Crippen molar-refractivity contribution in [1.82, 2.24) is 5.43 Å². The van der Waals surface area contributed by atoms with E-state index >= 15 is 0 Å². The molecule has 1 aromatic carbocycles. The highest BCUT2D eigenvalue weighted by molar-refractivity contribution is 9.10. The van der Waals surface area contributed by atoms with E-state index in [1.54, 1.807) is 6.07 Å². The van der Waals surface area contributed by atoms with Gasteiger partial charge in [0.05, 0.1) is 10.7 Å². The van der Waals surface area contributed by atoms with Crippen LogP contribution in [0.1, 0.15) is 17.4 Å². The Bertz CT molecular complexity index is 510. The molecule has 0 fully saturated rings. The maximum absolute atomic E-state index is 13.1. The Balaban J connectivity index is 2.45. The van der Waals surface area contributed by atoms with Gasteiger partial charge in [-0.3, -0.25) is 5.84 Å². The lowest BCUT2D eigenvalue weighted by Gasteiger charge is -2.14. The molecule has 1 atom stereocenters. The zero-order chi connectivity index (χ0) is 12.4. The highest BCUT2D eigenvalue weighted by Crippen LogP contribution is 2.29.